The molecule has 0 spiro atoms. The highest BCUT2D eigenvalue weighted by atomic mass is 32.1. The average molecular weight is 400 g/mol. The smallest absolute Gasteiger partial charge is 0.252 e. The molecule has 2 aromatic heterocycles. The fraction of sp³-hybridized carbons (Fsp3) is 0.545. The molecule has 1 fully saturated rings. The van der Waals surface area contributed by atoms with Crippen molar-refractivity contribution in [1.82, 2.24) is 15.2 Å². The van der Waals surface area contributed by atoms with Crippen molar-refractivity contribution >= 4 is 17.2 Å². The summed E-state index contributed by atoms with van der Waals surface area (Å²) in [6.07, 6.45) is 6.07. The maximum atomic E-state index is 12.6. The lowest BCUT2D eigenvalue weighted by molar-refractivity contribution is 0.0949. The van der Waals surface area contributed by atoms with Gasteiger partial charge in [-0.05, 0) is 48.8 Å². The second-order valence-electron chi connectivity index (χ2n) is 7.80. The Hall–Kier alpha value is -1.76. The molecule has 1 N–H and O–H groups in total. The van der Waals surface area contributed by atoms with Gasteiger partial charge in [0, 0.05) is 55.8 Å². The van der Waals surface area contributed by atoms with Gasteiger partial charge >= 0.3 is 0 Å². The molecule has 28 heavy (non-hydrogen) atoms. The Kier molecular flexibility index (Phi) is 6.40. The third-order valence-electron chi connectivity index (χ3n) is 5.81. The van der Waals surface area contributed by atoms with Crippen LogP contribution in [-0.4, -0.2) is 42.1 Å². The summed E-state index contributed by atoms with van der Waals surface area (Å²) >= 11 is 1.72. The van der Waals surface area contributed by atoms with Crippen molar-refractivity contribution in [2.75, 3.05) is 26.3 Å². The lowest BCUT2D eigenvalue weighted by atomic mass is 10.0. The molecule has 0 radical (unpaired) electrons. The minimum Gasteiger partial charge on any atom is -0.381 e. The summed E-state index contributed by atoms with van der Waals surface area (Å²) in [5, 5.41) is 5.15. The summed E-state index contributed by atoms with van der Waals surface area (Å²) in [5.74, 6) is 0.687. The normalized spacial score (nSPS) is 19.5. The van der Waals surface area contributed by atoms with Gasteiger partial charge in [0.1, 0.15) is 0 Å². The first kappa shape index (κ1) is 19.6. The van der Waals surface area contributed by atoms with E-state index in [-0.39, 0.29) is 5.91 Å². The minimum atomic E-state index is 0.0849. The Labute approximate surface area is 171 Å². The van der Waals surface area contributed by atoms with Crippen LogP contribution in [0.4, 0.5) is 0 Å². The monoisotopic (exact) mass is 399 g/mol. The first-order valence-electron chi connectivity index (χ1n) is 10.3. The predicted octanol–water partition coefficient (Wildman–Crippen LogP) is 3.42. The first-order valence-corrected chi connectivity index (χ1v) is 11.2. The highest BCUT2D eigenvalue weighted by molar-refractivity contribution is 7.10. The quantitative estimate of drug-likeness (QED) is 0.775. The number of ether oxygens (including phenoxy) is 1. The largest absolute Gasteiger partial charge is 0.381 e. The zero-order chi connectivity index (χ0) is 19.3. The van der Waals surface area contributed by atoms with Crippen LogP contribution in [0.25, 0.3) is 0 Å². The number of fused-ring (bicyclic) bond motifs is 1. The number of pyridine rings is 1. The van der Waals surface area contributed by atoms with Crippen LogP contribution >= 0.6 is 11.3 Å². The summed E-state index contributed by atoms with van der Waals surface area (Å²) in [7, 11) is 0. The van der Waals surface area contributed by atoms with E-state index in [4.69, 9.17) is 4.74 Å². The fourth-order valence-corrected chi connectivity index (χ4v) is 5.11. The molecule has 1 atom stereocenters. The maximum absolute atomic E-state index is 12.6. The van der Waals surface area contributed by atoms with Gasteiger partial charge in [-0.3, -0.25) is 14.7 Å². The molecule has 2 aliphatic heterocycles. The van der Waals surface area contributed by atoms with Gasteiger partial charge in [0.15, 0.2) is 0 Å². The molecule has 1 unspecified atom stereocenters. The number of hydrogen-bond donors (Lipinski definition) is 1. The highest BCUT2D eigenvalue weighted by Gasteiger charge is 2.24. The molecule has 0 aromatic carbocycles. The van der Waals surface area contributed by atoms with Crippen LogP contribution in [0.5, 0.6) is 0 Å². The van der Waals surface area contributed by atoms with Gasteiger partial charge in [0.25, 0.3) is 5.91 Å². The molecule has 1 saturated heterocycles. The van der Waals surface area contributed by atoms with Crippen molar-refractivity contribution in [3.63, 3.8) is 0 Å². The molecule has 4 rings (SSSR count). The third-order valence-corrected chi connectivity index (χ3v) is 6.83. The number of carbonyl (C=O) groups is 1. The van der Waals surface area contributed by atoms with E-state index < -0.39 is 0 Å². The van der Waals surface area contributed by atoms with Crippen LogP contribution in [0.1, 0.15) is 51.8 Å². The topological polar surface area (TPSA) is 54.5 Å². The number of aryl methyl sites for hydroxylation is 1. The first-order chi connectivity index (χ1) is 13.7. The van der Waals surface area contributed by atoms with Crippen molar-refractivity contribution in [3.05, 3.63) is 51.0 Å². The zero-order valence-corrected chi connectivity index (χ0v) is 17.4. The lowest BCUT2D eigenvalue weighted by Crippen LogP contribution is -2.31. The summed E-state index contributed by atoms with van der Waals surface area (Å²) in [6, 6.07) is 4.31. The molecule has 2 aliphatic rings. The number of nitrogens with one attached hydrogen (secondary N) is 1. The minimum absolute atomic E-state index is 0.0849. The van der Waals surface area contributed by atoms with Gasteiger partial charge in [0.2, 0.25) is 0 Å². The Morgan fingerprint density at radius 3 is 3.11 bits per heavy atom. The van der Waals surface area contributed by atoms with Crippen LogP contribution in [0.2, 0.25) is 0 Å². The Morgan fingerprint density at radius 1 is 1.43 bits per heavy atom. The van der Waals surface area contributed by atoms with Gasteiger partial charge in [-0.25, -0.2) is 0 Å². The molecule has 1 amide bonds. The molecule has 0 saturated carbocycles. The van der Waals surface area contributed by atoms with E-state index in [2.05, 4.69) is 34.3 Å². The van der Waals surface area contributed by atoms with E-state index in [1.165, 1.54) is 16.0 Å². The Morgan fingerprint density at radius 2 is 2.36 bits per heavy atom. The van der Waals surface area contributed by atoms with Crippen LogP contribution in [-0.2, 0) is 30.7 Å². The molecular weight excluding hydrogens is 370 g/mol. The molecule has 150 valence electrons. The van der Waals surface area contributed by atoms with Crippen molar-refractivity contribution in [2.24, 2.45) is 5.92 Å². The standard InChI is InChI=1S/C22H29N3O2S/c1-2-16-3-4-18(24-11-16)12-25-9-6-19-20(15-28-21(19)13-25)22(26)23-8-5-17-7-10-27-14-17/h3-4,11,15,17H,2,5-10,12-14H2,1H3,(H,23,26). The van der Waals surface area contributed by atoms with Crippen molar-refractivity contribution < 1.29 is 9.53 Å². The SMILES string of the molecule is CCc1ccc(CN2CCc3c(C(=O)NCCC4CCOC4)csc3C2)nc1. The molecule has 4 heterocycles. The van der Waals surface area contributed by atoms with E-state index in [0.29, 0.717) is 5.92 Å². The zero-order valence-electron chi connectivity index (χ0n) is 16.6. The van der Waals surface area contributed by atoms with E-state index in [9.17, 15) is 4.79 Å². The summed E-state index contributed by atoms with van der Waals surface area (Å²) < 4.78 is 5.41. The molecule has 5 nitrogen and oxygen atoms in total. The van der Waals surface area contributed by atoms with Gasteiger partial charge in [-0.1, -0.05) is 13.0 Å². The van der Waals surface area contributed by atoms with Crippen molar-refractivity contribution in [1.29, 1.82) is 0 Å². The van der Waals surface area contributed by atoms with Gasteiger partial charge in [-0.15, -0.1) is 11.3 Å². The third kappa shape index (κ3) is 4.62. The number of aromatic nitrogens is 1. The Bertz CT molecular complexity index is 797. The average Bonchev–Trinajstić information content (AvgIpc) is 3.38. The number of amides is 1. The number of thiophene rings is 1. The van der Waals surface area contributed by atoms with Crippen LogP contribution in [0.15, 0.2) is 23.7 Å². The van der Waals surface area contributed by atoms with Gasteiger partial charge in [-0.2, -0.15) is 0 Å². The summed E-state index contributed by atoms with van der Waals surface area (Å²) in [6.45, 7) is 7.34. The number of nitrogens with zero attached hydrogens (tertiary/aromatic N) is 2. The summed E-state index contributed by atoms with van der Waals surface area (Å²) in [5.41, 5.74) is 4.52. The fourth-order valence-electron chi connectivity index (χ4n) is 3.99. The van der Waals surface area contributed by atoms with E-state index in [0.717, 1.165) is 76.3 Å². The van der Waals surface area contributed by atoms with Crippen LogP contribution in [0.3, 0.4) is 0 Å². The van der Waals surface area contributed by atoms with E-state index >= 15 is 0 Å². The van der Waals surface area contributed by atoms with Crippen LogP contribution < -0.4 is 5.32 Å². The van der Waals surface area contributed by atoms with Crippen molar-refractivity contribution in [2.45, 2.75) is 45.7 Å². The van der Waals surface area contributed by atoms with E-state index in [1.807, 2.05) is 11.6 Å². The molecule has 0 aliphatic carbocycles. The Balaban J connectivity index is 1.31. The molecule has 6 heteroatoms. The lowest BCUT2D eigenvalue weighted by Gasteiger charge is -2.27. The number of rotatable bonds is 7. The highest BCUT2D eigenvalue weighted by Crippen LogP contribution is 2.29. The number of hydrogen-bond acceptors (Lipinski definition) is 5. The molecule has 2 aromatic rings. The second-order valence-corrected chi connectivity index (χ2v) is 8.76. The van der Waals surface area contributed by atoms with Crippen LogP contribution in [0, 0.1) is 5.92 Å². The maximum Gasteiger partial charge on any atom is 0.252 e. The van der Waals surface area contributed by atoms with E-state index in [1.54, 1.807) is 11.3 Å². The summed E-state index contributed by atoms with van der Waals surface area (Å²) in [4.78, 5) is 21.0. The second kappa shape index (κ2) is 9.16. The van der Waals surface area contributed by atoms with Crippen molar-refractivity contribution in [3.8, 4) is 0 Å². The molecule has 0 bridgehead atoms. The van der Waals surface area contributed by atoms with Gasteiger partial charge in [0.05, 0.1) is 11.3 Å². The molecular formula is C22H29N3O2S. The predicted molar refractivity (Wildman–Crippen MR) is 112 cm³/mol. The number of carbonyl (C=O) groups excluding carboxylic acids is 1. The van der Waals surface area contributed by atoms with Gasteiger partial charge < -0.3 is 10.1 Å².